The minimum absolute atomic E-state index is 0.252. The molecule has 0 atom stereocenters. The van der Waals surface area contributed by atoms with Crippen LogP contribution in [0, 0.1) is 6.92 Å². The third-order valence-corrected chi connectivity index (χ3v) is 6.61. The van der Waals surface area contributed by atoms with Crippen LogP contribution in [0.15, 0.2) is 76.1 Å². The Kier molecular flexibility index (Phi) is 7.20. The lowest BCUT2D eigenvalue weighted by Crippen LogP contribution is -2.27. The summed E-state index contributed by atoms with van der Waals surface area (Å²) in [5.74, 6) is 0.808. The van der Waals surface area contributed by atoms with E-state index in [1.54, 1.807) is 19.3 Å². The summed E-state index contributed by atoms with van der Waals surface area (Å²) < 4.78 is 12.2. The van der Waals surface area contributed by atoms with Crippen molar-refractivity contribution < 1.29 is 19.1 Å². The smallest absolute Gasteiger partial charge is 0.293 e. The Bertz CT molecular complexity index is 1210. The van der Waals surface area contributed by atoms with E-state index in [-0.39, 0.29) is 17.7 Å². The number of hydrogen-bond donors (Lipinski definition) is 0. The molecule has 3 aromatic rings. The van der Waals surface area contributed by atoms with Crippen LogP contribution in [0.5, 0.6) is 11.5 Å². The van der Waals surface area contributed by atoms with Crippen molar-refractivity contribution in [2.24, 2.45) is 0 Å². The number of halogens is 1. The molecule has 168 valence electrons. The second-order valence-corrected chi connectivity index (χ2v) is 9.41. The van der Waals surface area contributed by atoms with E-state index in [9.17, 15) is 9.59 Å². The lowest BCUT2D eigenvalue weighted by Gasteiger charge is -2.14. The van der Waals surface area contributed by atoms with Crippen molar-refractivity contribution >= 4 is 44.9 Å². The molecule has 0 saturated carbocycles. The number of carbonyl (C=O) groups excluding carboxylic acids is 2. The number of thioether (sulfide) groups is 1. The molecule has 0 aromatic heterocycles. The number of imide groups is 1. The number of benzene rings is 3. The maximum atomic E-state index is 12.9. The molecule has 1 aliphatic rings. The van der Waals surface area contributed by atoms with Crippen molar-refractivity contribution in [2.75, 3.05) is 7.11 Å². The highest BCUT2D eigenvalue weighted by atomic mass is 79.9. The van der Waals surface area contributed by atoms with Gasteiger partial charge in [-0.2, -0.15) is 0 Å². The minimum atomic E-state index is -0.302. The van der Waals surface area contributed by atoms with E-state index < -0.39 is 0 Å². The number of nitrogens with zero attached hydrogens (tertiary/aromatic N) is 1. The molecule has 33 heavy (non-hydrogen) atoms. The van der Waals surface area contributed by atoms with E-state index in [1.165, 1.54) is 10.5 Å². The monoisotopic (exact) mass is 523 g/mol. The predicted octanol–water partition coefficient (Wildman–Crippen LogP) is 6.58. The van der Waals surface area contributed by atoms with Crippen LogP contribution in [0.1, 0.15) is 22.3 Å². The largest absolute Gasteiger partial charge is 0.493 e. The van der Waals surface area contributed by atoms with Crippen LogP contribution in [0.25, 0.3) is 6.08 Å². The molecular weight excluding hydrogens is 502 g/mol. The molecular formula is C26H22BrNO4S. The quantitative estimate of drug-likeness (QED) is 0.327. The van der Waals surface area contributed by atoms with E-state index in [0.29, 0.717) is 27.5 Å². The van der Waals surface area contributed by atoms with Crippen LogP contribution >= 0.6 is 27.7 Å². The molecule has 1 fully saturated rings. The summed E-state index contributed by atoms with van der Waals surface area (Å²) in [7, 11) is 1.57. The molecule has 0 unspecified atom stereocenters. The fourth-order valence-corrected chi connectivity index (χ4v) is 4.77. The van der Waals surface area contributed by atoms with E-state index >= 15 is 0 Å². The highest BCUT2D eigenvalue weighted by Gasteiger charge is 2.35. The number of aryl methyl sites for hydroxylation is 1. The van der Waals surface area contributed by atoms with Crippen molar-refractivity contribution in [3.63, 3.8) is 0 Å². The van der Waals surface area contributed by atoms with E-state index in [1.807, 2.05) is 67.6 Å². The Morgan fingerprint density at radius 3 is 2.42 bits per heavy atom. The Hall–Kier alpha value is -3.03. The van der Waals surface area contributed by atoms with Gasteiger partial charge in [0.05, 0.1) is 23.0 Å². The van der Waals surface area contributed by atoms with Crippen LogP contribution in [-0.2, 0) is 17.9 Å². The Labute approximate surface area is 205 Å². The number of methoxy groups -OCH3 is 1. The molecule has 2 amide bonds. The lowest BCUT2D eigenvalue weighted by atomic mass is 10.1. The van der Waals surface area contributed by atoms with Gasteiger partial charge in [0.2, 0.25) is 0 Å². The van der Waals surface area contributed by atoms with E-state index in [0.717, 1.165) is 28.5 Å². The Morgan fingerprint density at radius 1 is 1.00 bits per heavy atom. The zero-order chi connectivity index (χ0) is 23.4. The van der Waals surface area contributed by atoms with Gasteiger partial charge in [0.1, 0.15) is 6.61 Å². The third-order valence-electron chi connectivity index (χ3n) is 5.11. The summed E-state index contributed by atoms with van der Waals surface area (Å²) in [6.07, 6.45) is 1.70. The standard InChI is InChI=1S/C26H22BrNO4S/c1-17-8-10-19(11-9-17)16-32-24-21(27)12-20(13-22(24)31-2)14-23-25(29)28(26(30)33-23)15-18-6-4-3-5-7-18/h3-14H,15-16H2,1-2H3/b23-14-. The van der Waals surface area contributed by atoms with Crippen molar-refractivity contribution in [3.8, 4) is 11.5 Å². The molecule has 5 nitrogen and oxygen atoms in total. The van der Waals surface area contributed by atoms with E-state index in [2.05, 4.69) is 15.9 Å². The average molecular weight is 524 g/mol. The van der Waals surface area contributed by atoms with Crippen molar-refractivity contribution in [3.05, 3.63) is 98.4 Å². The van der Waals surface area contributed by atoms with Gasteiger partial charge in [0.25, 0.3) is 11.1 Å². The summed E-state index contributed by atoms with van der Waals surface area (Å²) in [5.41, 5.74) is 3.87. The molecule has 3 aromatic carbocycles. The summed E-state index contributed by atoms with van der Waals surface area (Å²) in [6, 6.07) is 21.2. The van der Waals surface area contributed by atoms with Crippen molar-refractivity contribution in [1.82, 2.24) is 4.90 Å². The summed E-state index contributed by atoms with van der Waals surface area (Å²) >= 11 is 4.49. The average Bonchev–Trinajstić information content (AvgIpc) is 3.07. The molecule has 1 saturated heterocycles. The van der Waals surface area contributed by atoms with Crippen LogP contribution < -0.4 is 9.47 Å². The zero-order valence-corrected chi connectivity index (χ0v) is 20.6. The number of hydrogen-bond acceptors (Lipinski definition) is 5. The van der Waals surface area contributed by atoms with Crippen LogP contribution in [-0.4, -0.2) is 23.2 Å². The van der Waals surface area contributed by atoms with Gasteiger partial charge in [-0.25, -0.2) is 0 Å². The van der Waals surface area contributed by atoms with Gasteiger partial charge < -0.3 is 9.47 Å². The second-order valence-electron chi connectivity index (χ2n) is 7.56. The van der Waals surface area contributed by atoms with Crippen LogP contribution in [0.4, 0.5) is 4.79 Å². The first-order valence-electron chi connectivity index (χ1n) is 10.3. The molecule has 1 aliphatic heterocycles. The van der Waals surface area contributed by atoms with Crippen LogP contribution in [0.2, 0.25) is 0 Å². The predicted molar refractivity (Wildman–Crippen MR) is 134 cm³/mol. The fraction of sp³-hybridized carbons (Fsp3) is 0.154. The van der Waals surface area contributed by atoms with Gasteiger partial charge in [-0.3, -0.25) is 14.5 Å². The fourth-order valence-electron chi connectivity index (χ4n) is 3.36. The number of ether oxygens (including phenoxy) is 2. The summed E-state index contributed by atoms with van der Waals surface area (Å²) in [4.78, 5) is 26.9. The first kappa shape index (κ1) is 23.1. The van der Waals surface area contributed by atoms with Gasteiger partial charge in [-0.05, 0) is 69.5 Å². The first-order valence-corrected chi connectivity index (χ1v) is 11.9. The lowest BCUT2D eigenvalue weighted by molar-refractivity contribution is -0.123. The van der Waals surface area contributed by atoms with Gasteiger partial charge >= 0.3 is 0 Å². The number of rotatable bonds is 7. The number of amides is 2. The first-order chi connectivity index (χ1) is 15.9. The van der Waals surface area contributed by atoms with Gasteiger partial charge in [0, 0.05) is 0 Å². The van der Waals surface area contributed by atoms with Crippen molar-refractivity contribution in [2.45, 2.75) is 20.1 Å². The third kappa shape index (κ3) is 5.49. The maximum absolute atomic E-state index is 12.9. The topological polar surface area (TPSA) is 55.8 Å². The molecule has 7 heteroatoms. The normalized spacial score (nSPS) is 14.8. The number of carbonyl (C=O) groups is 2. The molecule has 0 aliphatic carbocycles. The SMILES string of the molecule is COc1cc(/C=C2\SC(=O)N(Cc3ccccc3)C2=O)cc(Br)c1OCc1ccc(C)cc1. The molecule has 4 rings (SSSR count). The van der Waals surface area contributed by atoms with E-state index in [4.69, 9.17) is 9.47 Å². The minimum Gasteiger partial charge on any atom is -0.493 e. The zero-order valence-electron chi connectivity index (χ0n) is 18.2. The van der Waals surface area contributed by atoms with Crippen LogP contribution in [0.3, 0.4) is 0 Å². The highest BCUT2D eigenvalue weighted by Crippen LogP contribution is 2.39. The highest BCUT2D eigenvalue weighted by molar-refractivity contribution is 9.10. The Morgan fingerprint density at radius 2 is 1.73 bits per heavy atom. The molecule has 0 radical (unpaired) electrons. The van der Waals surface area contributed by atoms with Crippen molar-refractivity contribution in [1.29, 1.82) is 0 Å². The molecule has 1 heterocycles. The Balaban J connectivity index is 1.53. The summed E-state index contributed by atoms with van der Waals surface area (Å²) in [5, 5.41) is -0.279. The van der Waals surface area contributed by atoms with Gasteiger partial charge in [0.15, 0.2) is 11.5 Å². The second kappa shape index (κ2) is 10.3. The van der Waals surface area contributed by atoms with Gasteiger partial charge in [-0.1, -0.05) is 60.2 Å². The summed E-state index contributed by atoms with van der Waals surface area (Å²) in [6.45, 7) is 2.69. The molecule has 0 spiro atoms. The maximum Gasteiger partial charge on any atom is 0.293 e. The molecule has 0 bridgehead atoms. The van der Waals surface area contributed by atoms with Gasteiger partial charge in [-0.15, -0.1) is 0 Å². The molecule has 0 N–H and O–H groups in total.